The summed E-state index contributed by atoms with van der Waals surface area (Å²) in [6.45, 7) is 5.83. The normalized spacial score (nSPS) is 17.9. The number of amides is 1. The van der Waals surface area contributed by atoms with Crippen LogP contribution in [0, 0.1) is 13.8 Å². The molecule has 0 bridgehead atoms. The largest absolute Gasteiger partial charge is 0.352 e. The van der Waals surface area contributed by atoms with E-state index in [-0.39, 0.29) is 5.91 Å². The summed E-state index contributed by atoms with van der Waals surface area (Å²) in [6.07, 6.45) is 11.8. The Morgan fingerprint density at radius 1 is 1.11 bits per heavy atom. The van der Waals surface area contributed by atoms with Crippen molar-refractivity contribution in [2.75, 3.05) is 6.54 Å². The van der Waals surface area contributed by atoms with E-state index in [1.54, 1.807) is 0 Å². The number of aryl methyl sites for hydroxylation is 2. The van der Waals surface area contributed by atoms with Crippen molar-refractivity contribution in [2.24, 2.45) is 0 Å². The Hall–Kier alpha value is -2.11. The highest BCUT2D eigenvalue weighted by Crippen LogP contribution is 2.32. The maximum atomic E-state index is 12.8. The number of aromatic nitrogens is 4. The summed E-state index contributed by atoms with van der Waals surface area (Å²) in [5.41, 5.74) is 3.14. The lowest BCUT2D eigenvalue weighted by Crippen LogP contribution is -2.27. The number of hydrogen-bond donors (Lipinski definition) is 1. The number of nitrogens with one attached hydrogen (secondary N) is 1. The van der Waals surface area contributed by atoms with Gasteiger partial charge in [0.2, 0.25) is 0 Å². The molecule has 3 heterocycles. The Morgan fingerprint density at radius 3 is 2.71 bits per heavy atom. The van der Waals surface area contributed by atoms with E-state index in [9.17, 15) is 4.79 Å². The topological polar surface area (TPSA) is 64.7 Å². The lowest BCUT2D eigenvalue weighted by molar-refractivity contribution is 0.0953. The quantitative estimate of drug-likeness (QED) is 0.852. The van der Waals surface area contributed by atoms with Crippen molar-refractivity contribution in [1.29, 1.82) is 0 Å². The first kappa shape index (κ1) is 19.2. The van der Waals surface area contributed by atoms with Crippen LogP contribution in [0.25, 0.3) is 0 Å². The minimum absolute atomic E-state index is 0.0331. The summed E-state index contributed by atoms with van der Waals surface area (Å²) in [5, 5.41) is 11.8. The maximum absolute atomic E-state index is 12.8. The lowest BCUT2D eigenvalue weighted by Gasteiger charge is -2.26. The summed E-state index contributed by atoms with van der Waals surface area (Å²) in [5.74, 6) is 2.14. The molecule has 1 N–H and O–H groups in total. The molecule has 2 aromatic rings. The van der Waals surface area contributed by atoms with E-state index in [0.29, 0.717) is 12.6 Å². The van der Waals surface area contributed by atoms with E-state index >= 15 is 0 Å². The third kappa shape index (κ3) is 3.87. The number of fused-ring (bicyclic) bond motifs is 1. The van der Waals surface area contributed by atoms with Gasteiger partial charge in [0.15, 0.2) is 0 Å². The van der Waals surface area contributed by atoms with Gasteiger partial charge in [0.05, 0.1) is 5.56 Å². The Morgan fingerprint density at radius 2 is 1.89 bits per heavy atom. The van der Waals surface area contributed by atoms with Gasteiger partial charge < -0.3 is 14.5 Å². The average Bonchev–Trinajstić information content (AvgIpc) is 3.12. The fourth-order valence-corrected chi connectivity index (χ4v) is 5.02. The van der Waals surface area contributed by atoms with Gasteiger partial charge in [-0.05, 0) is 45.6 Å². The predicted octanol–water partition coefficient (Wildman–Crippen LogP) is 3.90. The zero-order valence-corrected chi connectivity index (χ0v) is 17.3. The highest BCUT2D eigenvalue weighted by molar-refractivity contribution is 5.95. The van der Waals surface area contributed by atoms with Crippen molar-refractivity contribution < 1.29 is 4.79 Å². The first-order valence-corrected chi connectivity index (χ1v) is 11.0. The summed E-state index contributed by atoms with van der Waals surface area (Å²) >= 11 is 0. The molecule has 6 heteroatoms. The molecule has 1 aliphatic carbocycles. The summed E-state index contributed by atoms with van der Waals surface area (Å²) in [6, 6.07) is 2.62. The monoisotopic (exact) mass is 383 g/mol. The molecule has 0 unspecified atom stereocenters. The molecule has 152 valence electrons. The van der Waals surface area contributed by atoms with Gasteiger partial charge >= 0.3 is 0 Å². The van der Waals surface area contributed by atoms with Crippen LogP contribution in [-0.2, 0) is 19.4 Å². The van der Waals surface area contributed by atoms with Gasteiger partial charge in [0, 0.05) is 43.4 Å². The van der Waals surface area contributed by atoms with Crippen LogP contribution in [0.2, 0.25) is 0 Å². The summed E-state index contributed by atoms with van der Waals surface area (Å²) in [4.78, 5) is 12.8. The van der Waals surface area contributed by atoms with Crippen LogP contribution in [0.5, 0.6) is 0 Å². The molecule has 1 fully saturated rings. The Kier molecular flexibility index (Phi) is 5.83. The van der Waals surface area contributed by atoms with Crippen molar-refractivity contribution in [1.82, 2.24) is 24.6 Å². The van der Waals surface area contributed by atoms with Crippen LogP contribution in [0.1, 0.15) is 90.8 Å². The molecule has 1 saturated carbocycles. The molecule has 0 spiro atoms. The van der Waals surface area contributed by atoms with Gasteiger partial charge in [0.1, 0.15) is 11.6 Å². The standard InChI is InChI=1S/C22H33N5O/c1-16-15-19(17(2)27(16)18-9-5-3-6-10-18)22(28)23-13-12-21-25-24-20-11-7-4-8-14-26(20)21/h15,18H,3-14H2,1-2H3,(H,23,28). The Bertz CT molecular complexity index is 828. The molecule has 6 nitrogen and oxygen atoms in total. The molecule has 0 radical (unpaired) electrons. The highest BCUT2D eigenvalue weighted by Gasteiger charge is 2.22. The van der Waals surface area contributed by atoms with Gasteiger partial charge in [0.25, 0.3) is 5.91 Å². The average molecular weight is 384 g/mol. The third-order valence-electron chi connectivity index (χ3n) is 6.49. The van der Waals surface area contributed by atoms with E-state index in [1.165, 1.54) is 57.1 Å². The number of carbonyl (C=O) groups excluding carboxylic acids is 1. The molecule has 2 aliphatic rings. The first-order valence-electron chi connectivity index (χ1n) is 11.0. The van der Waals surface area contributed by atoms with E-state index < -0.39 is 0 Å². The van der Waals surface area contributed by atoms with Gasteiger partial charge in [-0.1, -0.05) is 25.7 Å². The highest BCUT2D eigenvalue weighted by atomic mass is 16.1. The van der Waals surface area contributed by atoms with Crippen molar-refractivity contribution in [3.05, 3.63) is 34.7 Å². The molecule has 0 atom stereocenters. The van der Waals surface area contributed by atoms with Crippen molar-refractivity contribution in [3.63, 3.8) is 0 Å². The third-order valence-corrected chi connectivity index (χ3v) is 6.49. The SMILES string of the molecule is Cc1cc(C(=O)NCCc2nnc3n2CCCCC3)c(C)n1C1CCCCC1. The fourth-order valence-electron chi connectivity index (χ4n) is 5.02. The molecule has 28 heavy (non-hydrogen) atoms. The van der Waals surface area contributed by atoms with Gasteiger partial charge in [-0.25, -0.2) is 0 Å². The van der Waals surface area contributed by atoms with Gasteiger partial charge in [-0.2, -0.15) is 0 Å². The van der Waals surface area contributed by atoms with Crippen molar-refractivity contribution in [2.45, 2.75) is 90.6 Å². The number of nitrogens with zero attached hydrogens (tertiary/aromatic N) is 4. The second-order valence-corrected chi connectivity index (χ2v) is 8.45. The molecule has 4 rings (SSSR count). The van der Waals surface area contributed by atoms with Crippen LogP contribution >= 0.6 is 0 Å². The fraction of sp³-hybridized carbons (Fsp3) is 0.682. The predicted molar refractivity (Wildman–Crippen MR) is 110 cm³/mol. The van der Waals surface area contributed by atoms with Crippen LogP contribution in [0.3, 0.4) is 0 Å². The lowest BCUT2D eigenvalue weighted by atomic mass is 9.95. The number of hydrogen-bond acceptors (Lipinski definition) is 3. The minimum atomic E-state index is 0.0331. The van der Waals surface area contributed by atoms with Crippen molar-refractivity contribution in [3.8, 4) is 0 Å². The molecule has 1 aliphatic heterocycles. The molecule has 1 amide bonds. The number of carbonyl (C=O) groups is 1. The van der Waals surface area contributed by atoms with Crippen LogP contribution < -0.4 is 5.32 Å². The van der Waals surface area contributed by atoms with E-state index in [1.807, 2.05) is 0 Å². The van der Waals surface area contributed by atoms with Gasteiger partial charge in [-0.3, -0.25) is 4.79 Å². The zero-order valence-electron chi connectivity index (χ0n) is 17.3. The van der Waals surface area contributed by atoms with Crippen molar-refractivity contribution >= 4 is 5.91 Å². The second-order valence-electron chi connectivity index (χ2n) is 8.45. The minimum Gasteiger partial charge on any atom is -0.352 e. The van der Waals surface area contributed by atoms with E-state index in [2.05, 4.69) is 44.6 Å². The molecular formula is C22H33N5O. The summed E-state index contributed by atoms with van der Waals surface area (Å²) in [7, 11) is 0. The second kappa shape index (κ2) is 8.50. The Balaban J connectivity index is 1.39. The molecule has 0 saturated heterocycles. The summed E-state index contributed by atoms with van der Waals surface area (Å²) < 4.78 is 4.65. The smallest absolute Gasteiger partial charge is 0.253 e. The van der Waals surface area contributed by atoms with Crippen LogP contribution in [0.15, 0.2) is 6.07 Å². The van der Waals surface area contributed by atoms with Crippen LogP contribution in [-0.4, -0.2) is 31.8 Å². The first-order chi connectivity index (χ1) is 13.6. The van der Waals surface area contributed by atoms with Gasteiger partial charge in [-0.15, -0.1) is 10.2 Å². The molecule has 0 aromatic carbocycles. The molecular weight excluding hydrogens is 350 g/mol. The Labute approximate surface area is 167 Å². The zero-order chi connectivity index (χ0) is 19.5. The van der Waals surface area contributed by atoms with E-state index in [0.717, 1.165) is 42.3 Å². The van der Waals surface area contributed by atoms with Crippen LogP contribution in [0.4, 0.5) is 0 Å². The number of rotatable bonds is 5. The molecule has 2 aromatic heterocycles. The van der Waals surface area contributed by atoms with E-state index in [4.69, 9.17) is 0 Å². The maximum Gasteiger partial charge on any atom is 0.253 e.